The third kappa shape index (κ3) is 0.900. The Balaban J connectivity index is 2.44. The maximum absolute atomic E-state index is 4.26. The molecule has 0 amide bonds. The molecular weight excluding hydrogens is 212 g/mol. The summed E-state index contributed by atoms with van der Waals surface area (Å²) in [6.45, 7) is 1.13. The van der Waals surface area contributed by atoms with Gasteiger partial charge in [0.2, 0.25) is 0 Å². The molecule has 0 N–H and O–H groups in total. The summed E-state index contributed by atoms with van der Waals surface area (Å²) in [4.78, 5) is 4.26. The molecule has 0 fully saturated rings. The zero-order valence-corrected chi connectivity index (χ0v) is 7.78. The first-order valence-corrected chi connectivity index (χ1v) is 5.25. The zero-order chi connectivity index (χ0) is 6.97. The van der Waals surface area contributed by atoms with Gasteiger partial charge in [0, 0.05) is 23.3 Å². The van der Waals surface area contributed by atoms with E-state index < -0.39 is 0 Å². The number of thioether (sulfide) groups is 1. The molecule has 0 atom stereocenters. The van der Waals surface area contributed by atoms with Crippen LogP contribution in [0, 0.1) is 0 Å². The Labute approximate surface area is 72.1 Å². The smallest absolute Gasteiger partial charge is 0.168 e. The summed E-state index contributed by atoms with van der Waals surface area (Å²) >= 11 is 5.26. The lowest BCUT2D eigenvalue weighted by atomic mass is 10.5. The van der Waals surface area contributed by atoms with Crippen LogP contribution in [0.3, 0.4) is 0 Å². The quantitative estimate of drug-likeness (QED) is 0.671. The second-order valence-corrected chi connectivity index (χ2v) is 3.79. The van der Waals surface area contributed by atoms with Crippen molar-refractivity contribution in [3.8, 4) is 0 Å². The van der Waals surface area contributed by atoms with Crippen LogP contribution in [0.25, 0.3) is 0 Å². The van der Waals surface area contributed by atoms with Gasteiger partial charge in [0.1, 0.15) is 0 Å². The molecule has 1 aromatic rings. The molecule has 0 bridgehead atoms. The summed E-state index contributed by atoms with van der Waals surface area (Å²) in [5, 5.41) is 2.09. The number of hydrogen-bond donors (Lipinski definition) is 0. The number of rotatable bonds is 1. The van der Waals surface area contributed by atoms with Crippen LogP contribution in [0.15, 0.2) is 11.4 Å². The Morgan fingerprint density at radius 2 is 2.70 bits per heavy atom. The van der Waals surface area contributed by atoms with E-state index in [9.17, 15) is 0 Å². The number of fused-ring (bicyclic) bond motifs is 1. The molecule has 2 heterocycles. The topological polar surface area (TPSA) is 17.8 Å². The maximum atomic E-state index is 4.26. The van der Waals surface area contributed by atoms with E-state index in [1.165, 1.54) is 16.6 Å². The van der Waals surface area contributed by atoms with Gasteiger partial charge in [-0.1, -0.05) is 27.7 Å². The third-order valence-electron chi connectivity index (χ3n) is 1.58. The van der Waals surface area contributed by atoms with E-state index in [-0.39, 0.29) is 0 Å². The van der Waals surface area contributed by atoms with Crippen molar-refractivity contribution in [3.05, 3.63) is 11.9 Å². The van der Waals surface area contributed by atoms with Gasteiger partial charge in [0.05, 0.1) is 6.20 Å². The van der Waals surface area contributed by atoms with Gasteiger partial charge in [-0.25, -0.2) is 4.98 Å². The lowest BCUT2D eigenvalue weighted by Crippen LogP contribution is -1.96. The Hall–Kier alpha value is 0.0400. The number of imidazole rings is 1. The van der Waals surface area contributed by atoms with E-state index in [1.807, 2.05) is 18.0 Å². The van der Waals surface area contributed by atoms with Crippen molar-refractivity contribution in [2.75, 3.05) is 5.75 Å². The van der Waals surface area contributed by atoms with Gasteiger partial charge in [-0.2, -0.15) is 0 Å². The SMILES string of the molecule is BrCc1cnc2n1CCS2. The maximum Gasteiger partial charge on any atom is 0.168 e. The highest BCUT2D eigenvalue weighted by Crippen LogP contribution is 2.26. The first-order valence-electron chi connectivity index (χ1n) is 3.15. The molecule has 0 radical (unpaired) electrons. The van der Waals surface area contributed by atoms with E-state index in [0.29, 0.717) is 0 Å². The van der Waals surface area contributed by atoms with E-state index in [4.69, 9.17) is 0 Å². The lowest BCUT2D eigenvalue weighted by Gasteiger charge is -1.97. The van der Waals surface area contributed by atoms with Crippen molar-refractivity contribution in [1.82, 2.24) is 9.55 Å². The van der Waals surface area contributed by atoms with Gasteiger partial charge in [-0.3, -0.25) is 0 Å². The molecule has 0 saturated carbocycles. The average molecular weight is 219 g/mol. The number of aromatic nitrogens is 2. The molecule has 10 heavy (non-hydrogen) atoms. The van der Waals surface area contributed by atoms with Crippen molar-refractivity contribution in [3.63, 3.8) is 0 Å². The summed E-state index contributed by atoms with van der Waals surface area (Å²) in [7, 11) is 0. The van der Waals surface area contributed by atoms with Crippen molar-refractivity contribution in [2.24, 2.45) is 0 Å². The predicted octanol–water partition coefficient (Wildman–Crippen LogP) is 1.88. The van der Waals surface area contributed by atoms with Gasteiger partial charge in [0.25, 0.3) is 0 Å². The van der Waals surface area contributed by atoms with Crippen LogP contribution in [0.5, 0.6) is 0 Å². The van der Waals surface area contributed by atoms with Gasteiger partial charge in [-0.05, 0) is 0 Å². The minimum absolute atomic E-state index is 0.917. The highest BCUT2D eigenvalue weighted by Gasteiger charge is 2.14. The standard InChI is InChI=1S/C6H7BrN2S/c7-3-5-4-8-6-9(5)1-2-10-6/h4H,1-3H2. The van der Waals surface area contributed by atoms with Gasteiger partial charge in [-0.15, -0.1) is 0 Å². The molecule has 0 saturated heterocycles. The molecule has 2 nitrogen and oxygen atoms in total. The van der Waals surface area contributed by atoms with Crippen molar-refractivity contribution >= 4 is 27.7 Å². The fourth-order valence-corrected chi connectivity index (χ4v) is 2.48. The first-order chi connectivity index (χ1) is 4.92. The number of alkyl halides is 1. The van der Waals surface area contributed by atoms with Crippen LogP contribution in [0.2, 0.25) is 0 Å². The number of hydrogen-bond acceptors (Lipinski definition) is 2. The molecule has 0 unspecified atom stereocenters. The van der Waals surface area contributed by atoms with Crippen molar-refractivity contribution in [1.29, 1.82) is 0 Å². The minimum atomic E-state index is 0.917. The van der Waals surface area contributed by atoms with Crippen LogP contribution in [-0.4, -0.2) is 15.3 Å². The third-order valence-corrected chi connectivity index (χ3v) is 3.13. The molecule has 1 aliphatic rings. The van der Waals surface area contributed by atoms with E-state index in [0.717, 1.165) is 11.9 Å². The minimum Gasteiger partial charge on any atom is -0.321 e. The van der Waals surface area contributed by atoms with Crippen molar-refractivity contribution < 1.29 is 0 Å². The molecule has 1 aromatic heterocycles. The summed E-state index contributed by atoms with van der Waals surface area (Å²) < 4.78 is 2.26. The zero-order valence-electron chi connectivity index (χ0n) is 5.38. The molecular formula is C6H7BrN2S. The summed E-state index contributed by atoms with van der Waals surface area (Å²) in [6.07, 6.45) is 1.94. The second kappa shape index (κ2) is 2.58. The summed E-state index contributed by atoms with van der Waals surface area (Å²) in [5.41, 5.74) is 1.29. The highest BCUT2D eigenvalue weighted by atomic mass is 79.9. The van der Waals surface area contributed by atoms with Gasteiger partial charge in [0.15, 0.2) is 5.16 Å². The fraction of sp³-hybridized carbons (Fsp3) is 0.500. The molecule has 1 aliphatic heterocycles. The molecule has 4 heteroatoms. The highest BCUT2D eigenvalue weighted by molar-refractivity contribution is 9.08. The van der Waals surface area contributed by atoms with Crippen molar-refractivity contribution in [2.45, 2.75) is 17.0 Å². The van der Waals surface area contributed by atoms with Gasteiger partial charge < -0.3 is 4.57 Å². The van der Waals surface area contributed by atoms with Gasteiger partial charge >= 0.3 is 0 Å². The first kappa shape index (κ1) is 6.73. The Morgan fingerprint density at radius 3 is 3.50 bits per heavy atom. The normalized spacial score (nSPS) is 15.7. The fourth-order valence-electron chi connectivity index (χ4n) is 1.08. The Morgan fingerprint density at radius 1 is 1.80 bits per heavy atom. The van der Waals surface area contributed by atoms with Crippen LogP contribution in [0.4, 0.5) is 0 Å². The van der Waals surface area contributed by atoms with E-state index in [1.54, 1.807) is 0 Å². The number of nitrogens with zero attached hydrogens (tertiary/aromatic N) is 2. The van der Waals surface area contributed by atoms with E-state index in [2.05, 4.69) is 25.5 Å². The molecule has 54 valence electrons. The molecule has 0 aliphatic carbocycles. The van der Waals surface area contributed by atoms with Crippen LogP contribution in [0.1, 0.15) is 5.69 Å². The molecule has 0 aromatic carbocycles. The summed E-state index contributed by atoms with van der Waals surface area (Å²) in [5.74, 6) is 1.18. The average Bonchev–Trinajstić information content (AvgIpc) is 2.44. The monoisotopic (exact) mass is 218 g/mol. The lowest BCUT2D eigenvalue weighted by molar-refractivity contribution is 0.696. The van der Waals surface area contributed by atoms with Crippen LogP contribution < -0.4 is 0 Å². The summed E-state index contributed by atoms with van der Waals surface area (Å²) in [6, 6.07) is 0. The van der Waals surface area contributed by atoms with Crippen LogP contribution >= 0.6 is 27.7 Å². The largest absolute Gasteiger partial charge is 0.321 e. The van der Waals surface area contributed by atoms with E-state index >= 15 is 0 Å². The Bertz CT molecular complexity index is 246. The Kier molecular flexibility index (Phi) is 1.74. The number of halogens is 1. The molecule has 0 spiro atoms. The van der Waals surface area contributed by atoms with Crippen LogP contribution in [-0.2, 0) is 11.9 Å². The molecule has 2 rings (SSSR count). The predicted molar refractivity (Wildman–Crippen MR) is 45.6 cm³/mol. The second-order valence-electron chi connectivity index (χ2n) is 2.17.